The Morgan fingerprint density at radius 1 is 1.28 bits per heavy atom. The van der Waals surface area contributed by atoms with Crippen LogP contribution in [-0.2, 0) is 0 Å². The molecule has 4 rings (SSSR count). The number of hydrogen-bond acceptors (Lipinski definition) is 4. The summed E-state index contributed by atoms with van der Waals surface area (Å²) in [5.41, 5.74) is 6.81. The summed E-state index contributed by atoms with van der Waals surface area (Å²) in [7, 11) is 0. The maximum Gasteiger partial charge on any atom is 0.168 e. The second kappa shape index (κ2) is 5.80. The number of anilines is 1. The molecule has 0 aliphatic carbocycles. The number of aromatic nitrogens is 3. The number of nitrogens with zero attached hydrogens (tertiary/aromatic N) is 4. The van der Waals surface area contributed by atoms with Crippen LogP contribution in [0, 0.1) is 17.0 Å². The Kier molecular flexibility index (Phi) is 3.60. The van der Waals surface area contributed by atoms with Crippen molar-refractivity contribution in [2.75, 3.05) is 11.4 Å². The highest BCUT2D eigenvalue weighted by Crippen LogP contribution is 2.36. The Bertz CT molecular complexity index is 967. The molecule has 1 saturated heterocycles. The maximum atomic E-state index is 14.2. The van der Waals surface area contributed by atoms with E-state index >= 15 is 0 Å². The van der Waals surface area contributed by atoms with Crippen molar-refractivity contribution in [2.24, 2.45) is 5.73 Å². The summed E-state index contributed by atoms with van der Waals surface area (Å²) in [5, 5.41) is 11.7. The Balaban J connectivity index is 1.77. The largest absolute Gasteiger partial charge is 0.384 e. The normalized spacial score (nSPS) is 17.4. The fourth-order valence-electron chi connectivity index (χ4n) is 3.34. The molecule has 3 heterocycles. The fraction of sp³-hybridized carbons (Fsp3) is 0.235. The predicted molar refractivity (Wildman–Crippen MR) is 89.7 cm³/mol. The summed E-state index contributed by atoms with van der Waals surface area (Å²) in [4.78, 5) is 6.51. The van der Waals surface area contributed by atoms with E-state index < -0.39 is 11.6 Å². The van der Waals surface area contributed by atoms with E-state index in [2.05, 4.69) is 10.1 Å². The molecule has 1 aliphatic heterocycles. The molecule has 0 spiro atoms. The van der Waals surface area contributed by atoms with Gasteiger partial charge in [0.1, 0.15) is 23.3 Å². The maximum absolute atomic E-state index is 14.2. The average Bonchev–Trinajstić information content (AvgIpc) is 3.22. The molecule has 6 nitrogen and oxygen atoms in total. The second-order valence-corrected chi connectivity index (χ2v) is 6.04. The van der Waals surface area contributed by atoms with E-state index in [-0.39, 0.29) is 11.9 Å². The Hall–Kier alpha value is -3.03. The third-order valence-corrected chi connectivity index (χ3v) is 4.51. The minimum Gasteiger partial charge on any atom is -0.384 e. The standard InChI is InChI=1S/C17H16F2N6/c18-10-3-4-13(19)11(8-10)14-2-1-6-24(14)15-5-7-25-17(23-15)12(9-22-25)16(20)21/h3-5,7-9,14H,1-2,6H2,(H3,20,21)/t14-/m1/s1. The van der Waals surface area contributed by atoms with Gasteiger partial charge in [0, 0.05) is 18.3 Å². The topological polar surface area (TPSA) is 83.3 Å². The van der Waals surface area contributed by atoms with Gasteiger partial charge in [0.05, 0.1) is 17.8 Å². The zero-order valence-electron chi connectivity index (χ0n) is 13.3. The van der Waals surface area contributed by atoms with Crippen LogP contribution >= 0.6 is 0 Å². The Morgan fingerprint density at radius 2 is 2.12 bits per heavy atom. The van der Waals surface area contributed by atoms with Crippen LogP contribution in [0.3, 0.4) is 0 Å². The number of nitrogens with two attached hydrogens (primary N) is 1. The van der Waals surface area contributed by atoms with Crippen molar-refractivity contribution < 1.29 is 8.78 Å². The van der Waals surface area contributed by atoms with Crippen molar-refractivity contribution >= 4 is 17.3 Å². The molecule has 0 bridgehead atoms. The number of hydrogen-bond donors (Lipinski definition) is 2. The minimum absolute atomic E-state index is 0.117. The highest BCUT2D eigenvalue weighted by atomic mass is 19.1. The van der Waals surface area contributed by atoms with Gasteiger partial charge in [0.25, 0.3) is 0 Å². The van der Waals surface area contributed by atoms with Crippen molar-refractivity contribution in [1.29, 1.82) is 5.41 Å². The summed E-state index contributed by atoms with van der Waals surface area (Å²) in [6, 6.07) is 5.02. The van der Waals surface area contributed by atoms with E-state index in [1.165, 1.54) is 16.8 Å². The molecule has 2 aromatic heterocycles. The van der Waals surface area contributed by atoms with E-state index in [1.54, 1.807) is 12.3 Å². The molecule has 8 heteroatoms. The van der Waals surface area contributed by atoms with Gasteiger partial charge in [0.2, 0.25) is 0 Å². The van der Waals surface area contributed by atoms with Gasteiger partial charge in [-0.05, 0) is 37.1 Å². The number of amidine groups is 1. The molecule has 0 saturated carbocycles. The number of nitrogens with one attached hydrogen (secondary N) is 1. The van der Waals surface area contributed by atoms with Crippen LogP contribution in [0.5, 0.6) is 0 Å². The van der Waals surface area contributed by atoms with Crippen LogP contribution in [0.2, 0.25) is 0 Å². The predicted octanol–water partition coefficient (Wildman–Crippen LogP) is 2.63. The van der Waals surface area contributed by atoms with Gasteiger partial charge >= 0.3 is 0 Å². The lowest BCUT2D eigenvalue weighted by molar-refractivity contribution is 0.560. The van der Waals surface area contributed by atoms with Gasteiger partial charge in [-0.25, -0.2) is 18.3 Å². The van der Waals surface area contributed by atoms with Crippen LogP contribution < -0.4 is 10.6 Å². The van der Waals surface area contributed by atoms with Crippen LogP contribution in [0.1, 0.15) is 30.0 Å². The first-order valence-electron chi connectivity index (χ1n) is 7.95. The van der Waals surface area contributed by atoms with Gasteiger partial charge in [-0.1, -0.05) is 0 Å². The molecule has 128 valence electrons. The number of fused-ring (bicyclic) bond motifs is 1. The van der Waals surface area contributed by atoms with Crippen molar-refractivity contribution in [3.05, 3.63) is 59.4 Å². The van der Waals surface area contributed by atoms with Crippen LogP contribution in [0.25, 0.3) is 5.65 Å². The van der Waals surface area contributed by atoms with Crippen molar-refractivity contribution in [1.82, 2.24) is 14.6 Å². The molecule has 1 fully saturated rings. The molecule has 0 radical (unpaired) electrons. The van der Waals surface area contributed by atoms with Gasteiger partial charge in [-0.15, -0.1) is 0 Å². The van der Waals surface area contributed by atoms with E-state index in [9.17, 15) is 8.78 Å². The summed E-state index contributed by atoms with van der Waals surface area (Å²) in [6.45, 7) is 0.688. The molecule has 0 amide bonds. The van der Waals surface area contributed by atoms with Crippen molar-refractivity contribution in [3.8, 4) is 0 Å². The first-order valence-corrected chi connectivity index (χ1v) is 7.95. The van der Waals surface area contributed by atoms with E-state index in [0.29, 0.717) is 35.6 Å². The molecule has 1 aliphatic rings. The lowest BCUT2D eigenvalue weighted by Gasteiger charge is -2.26. The van der Waals surface area contributed by atoms with E-state index in [1.807, 2.05) is 4.90 Å². The van der Waals surface area contributed by atoms with Crippen LogP contribution in [0.15, 0.2) is 36.7 Å². The van der Waals surface area contributed by atoms with Gasteiger partial charge in [-0.2, -0.15) is 5.10 Å². The van der Waals surface area contributed by atoms with E-state index in [4.69, 9.17) is 11.1 Å². The first-order chi connectivity index (χ1) is 12.0. The lowest BCUT2D eigenvalue weighted by atomic mass is 10.0. The number of halogens is 2. The van der Waals surface area contributed by atoms with Gasteiger partial charge in [0.15, 0.2) is 5.65 Å². The minimum atomic E-state index is -0.457. The zero-order chi connectivity index (χ0) is 17.6. The highest BCUT2D eigenvalue weighted by Gasteiger charge is 2.30. The zero-order valence-corrected chi connectivity index (χ0v) is 13.3. The summed E-state index contributed by atoms with van der Waals surface area (Å²) in [6.07, 6.45) is 4.78. The third-order valence-electron chi connectivity index (χ3n) is 4.51. The summed E-state index contributed by atoms with van der Waals surface area (Å²) < 4.78 is 29.3. The summed E-state index contributed by atoms with van der Waals surface area (Å²) >= 11 is 0. The average molecular weight is 342 g/mol. The lowest BCUT2D eigenvalue weighted by Crippen LogP contribution is -2.24. The molecular formula is C17H16F2N6. The van der Waals surface area contributed by atoms with Crippen molar-refractivity contribution in [3.63, 3.8) is 0 Å². The number of rotatable bonds is 3. The third kappa shape index (κ3) is 2.59. The molecule has 3 aromatic rings. The molecule has 25 heavy (non-hydrogen) atoms. The SMILES string of the molecule is N=C(N)c1cnn2ccc(N3CCC[C@@H]3c3cc(F)ccc3F)nc12. The molecule has 1 atom stereocenters. The Labute approximate surface area is 142 Å². The van der Waals surface area contributed by atoms with Gasteiger partial charge < -0.3 is 10.6 Å². The number of nitrogen functional groups attached to an aromatic ring is 1. The van der Waals surface area contributed by atoms with Crippen LogP contribution in [-0.4, -0.2) is 27.0 Å². The highest BCUT2D eigenvalue weighted by molar-refractivity contribution is 6.00. The Morgan fingerprint density at radius 3 is 2.92 bits per heavy atom. The second-order valence-electron chi connectivity index (χ2n) is 6.04. The molecule has 0 unspecified atom stereocenters. The summed E-state index contributed by atoms with van der Waals surface area (Å²) in [5.74, 6) is -0.370. The molecule has 3 N–H and O–H groups in total. The monoisotopic (exact) mass is 342 g/mol. The quantitative estimate of drug-likeness (QED) is 0.566. The van der Waals surface area contributed by atoms with Crippen LogP contribution in [0.4, 0.5) is 14.6 Å². The van der Waals surface area contributed by atoms with Crippen molar-refractivity contribution in [2.45, 2.75) is 18.9 Å². The first kappa shape index (κ1) is 15.5. The molecule has 1 aromatic carbocycles. The van der Waals surface area contributed by atoms with E-state index in [0.717, 1.165) is 18.6 Å². The number of benzene rings is 1. The smallest absolute Gasteiger partial charge is 0.168 e. The van der Waals surface area contributed by atoms with Gasteiger partial charge in [-0.3, -0.25) is 5.41 Å². The molecular weight excluding hydrogens is 326 g/mol. The fourth-order valence-corrected chi connectivity index (χ4v) is 3.34.